The van der Waals surface area contributed by atoms with Crippen LogP contribution >= 0.6 is 0 Å². The van der Waals surface area contributed by atoms with Crippen LogP contribution in [0.3, 0.4) is 0 Å². The first-order valence-corrected chi connectivity index (χ1v) is 4.95. The van der Waals surface area contributed by atoms with Crippen LogP contribution in [0.25, 0.3) is 0 Å². The van der Waals surface area contributed by atoms with Crippen LogP contribution in [-0.2, 0) is 12.8 Å². The normalized spacial score (nSPS) is 18.6. The number of hydrogen-bond acceptors (Lipinski definition) is 3. The average molecular weight is 191 g/mol. The van der Waals surface area contributed by atoms with Crippen molar-refractivity contribution in [2.24, 2.45) is 0 Å². The van der Waals surface area contributed by atoms with E-state index in [1.165, 1.54) is 11.1 Å². The average Bonchev–Trinajstić information content (AvgIpc) is 2.77. The summed E-state index contributed by atoms with van der Waals surface area (Å²) in [5.74, 6) is 1.81. The number of hydrogen-bond donors (Lipinski definition) is 1. The van der Waals surface area contributed by atoms with Gasteiger partial charge in [0, 0.05) is 6.04 Å². The van der Waals surface area contributed by atoms with Gasteiger partial charge in [0.05, 0.1) is 0 Å². The van der Waals surface area contributed by atoms with E-state index in [4.69, 9.17) is 9.47 Å². The van der Waals surface area contributed by atoms with Gasteiger partial charge in [-0.2, -0.15) is 0 Å². The number of ether oxygens (including phenoxy) is 2. The standard InChI is InChI=1S/C11H13NO2/c1-12-9-2-7-4-10-11(14-6-13-10)5-8(7)3-9/h4-5,9,12H,2-3,6H2,1H3. The zero-order chi connectivity index (χ0) is 9.54. The van der Waals surface area contributed by atoms with E-state index in [9.17, 15) is 0 Å². The smallest absolute Gasteiger partial charge is 0.231 e. The molecule has 1 heterocycles. The zero-order valence-electron chi connectivity index (χ0n) is 8.17. The molecule has 0 spiro atoms. The molecular weight excluding hydrogens is 178 g/mol. The Morgan fingerprint density at radius 1 is 1.14 bits per heavy atom. The lowest BCUT2D eigenvalue weighted by molar-refractivity contribution is 0.174. The summed E-state index contributed by atoms with van der Waals surface area (Å²) in [6.07, 6.45) is 2.20. The quantitative estimate of drug-likeness (QED) is 0.721. The predicted molar refractivity (Wildman–Crippen MR) is 52.8 cm³/mol. The number of benzene rings is 1. The lowest BCUT2D eigenvalue weighted by atomic mass is 10.1. The van der Waals surface area contributed by atoms with Crippen molar-refractivity contribution in [1.82, 2.24) is 5.32 Å². The van der Waals surface area contributed by atoms with Crippen LogP contribution in [0.5, 0.6) is 11.5 Å². The SMILES string of the molecule is CNC1Cc2cc3c(cc2C1)OCO3. The van der Waals surface area contributed by atoms with Gasteiger partial charge >= 0.3 is 0 Å². The minimum absolute atomic E-state index is 0.369. The lowest BCUT2D eigenvalue weighted by Crippen LogP contribution is -2.24. The third kappa shape index (κ3) is 1.09. The fourth-order valence-corrected chi connectivity index (χ4v) is 2.21. The van der Waals surface area contributed by atoms with Crippen molar-refractivity contribution in [2.75, 3.05) is 13.8 Å². The Morgan fingerprint density at radius 2 is 1.71 bits per heavy atom. The number of fused-ring (bicyclic) bond motifs is 2. The first kappa shape index (κ1) is 8.12. The van der Waals surface area contributed by atoms with Gasteiger partial charge < -0.3 is 14.8 Å². The van der Waals surface area contributed by atoms with Crippen LogP contribution < -0.4 is 14.8 Å². The molecule has 0 atom stereocenters. The molecule has 0 radical (unpaired) electrons. The molecule has 1 aliphatic carbocycles. The van der Waals surface area contributed by atoms with Gasteiger partial charge in [0.1, 0.15) is 0 Å². The van der Waals surface area contributed by atoms with E-state index in [1.54, 1.807) is 0 Å². The molecule has 3 heteroatoms. The maximum atomic E-state index is 5.35. The summed E-state index contributed by atoms with van der Waals surface area (Å²) in [7, 11) is 2.01. The molecule has 0 saturated carbocycles. The highest BCUT2D eigenvalue weighted by Crippen LogP contribution is 2.37. The molecule has 1 aliphatic heterocycles. The summed E-state index contributed by atoms with van der Waals surface area (Å²) in [6.45, 7) is 0.369. The molecule has 0 amide bonds. The highest BCUT2D eigenvalue weighted by Gasteiger charge is 2.24. The number of nitrogens with one attached hydrogen (secondary N) is 1. The largest absolute Gasteiger partial charge is 0.454 e. The zero-order valence-corrected chi connectivity index (χ0v) is 8.17. The first-order valence-electron chi connectivity index (χ1n) is 4.95. The molecule has 74 valence electrons. The Kier molecular flexibility index (Phi) is 1.67. The van der Waals surface area contributed by atoms with Crippen molar-refractivity contribution < 1.29 is 9.47 Å². The van der Waals surface area contributed by atoms with E-state index in [2.05, 4.69) is 17.4 Å². The molecule has 0 unspecified atom stereocenters. The Bertz CT molecular complexity index is 343. The van der Waals surface area contributed by atoms with E-state index in [1.807, 2.05) is 7.05 Å². The summed E-state index contributed by atoms with van der Waals surface area (Å²) in [6, 6.07) is 4.82. The summed E-state index contributed by atoms with van der Waals surface area (Å²) in [5, 5.41) is 3.30. The van der Waals surface area contributed by atoms with Gasteiger partial charge in [-0.25, -0.2) is 0 Å². The van der Waals surface area contributed by atoms with E-state index in [-0.39, 0.29) is 0 Å². The van der Waals surface area contributed by atoms with Gasteiger partial charge in [-0.15, -0.1) is 0 Å². The second-order valence-corrected chi connectivity index (χ2v) is 3.87. The second-order valence-electron chi connectivity index (χ2n) is 3.87. The Balaban J connectivity index is 2.00. The van der Waals surface area contributed by atoms with E-state index < -0.39 is 0 Å². The van der Waals surface area contributed by atoms with E-state index in [0.29, 0.717) is 12.8 Å². The molecule has 14 heavy (non-hydrogen) atoms. The molecule has 2 aliphatic rings. The maximum Gasteiger partial charge on any atom is 0.231 e. The molecule has 0 fully saturated rings. The van der Waals surface area contributed by atoms with Gasteiger partial charge in [0.25, 0.3) is 0 Å². The monoisotopic (exact) mass is 191 g/mol. The highest BCUT2D eigenvalue weighted by molar-refractivity contribution is 5.50. The van der Waals surface area contributed by atoms with Gasteiger partial charge in [-0.3, -0.25) is 0 Å². The Labute approximate surface area is 83.0 Å². The molecule has 0 aromatic heterocycles. The maximum absolute atomic E-state index is 5.35. The van der Waals surface area contributed by atoms with Gasteiger partial charge in [-0.05, 0) is 43.1 Å². The fourth-order valence-electron chi connectivity index (χ4n) is 2.21. The van der Waals surface area contributed by atoms with Crippen molar-refractivity contribution in [1.29, 1.82) is 0 Å². The Morgan fingerprint density at radius 3 is 2.21 bits per heavy atom. The van der Waals surface area contributed by atoms with Crippen LogP contribution in [0.1, 0.15) is 11.1 Å². The topological polar surface area (TPSA) is 30.5 Å². The highest BCUT2D eigenvalue weighted by atomic mass is 16.7. The summed E-state index contributed by atoms with van der Waals surface area (Å²) in [4.78, 5) is 0. The number of likely N-dealkylation sites (N-methyl/N-ethyl adjacent to an activating group) is 1. The fraction of sp³-hybridized carbons (Fsp3) is 0.455. The van der Waals surface area contributed by atoms with Gasteiger partial charge in [-0.1, -0.05) is 0 Å². The first-order chi connectivity index (χ1) is 6.86. The van der Waals surface area contributed by atoms with Crippen LogP contribution in [0.4, 0.5) is 0 Å². The van der Waals surface area contributed by atoms with Crippen molar-refractivity contribution in [3.63, 3.8) is 0 Å². The number of rotatable bonds is 1. The van der Waals surface area contributed by atoms with Crippen LogP contribution in [0.2, 0.25) is 0 Å². The molecule has 1 N–H and O–H groups in total. The summed E-state index contributed by atoms with van der Waals surface area (Å²) in [5.41, 5.74) is 2.79. The van der Waals surface area contributed by atoms with Crippen LogP contribution in [0, 0.1) is 0 Å². The van der Waals surface area contributed by atoms with Gasteiger partial charge in [0.15, 0.2) is 11.5 Å². The van der Waals surface area contributed by atoms with Crippen molar-refractivity contribution in [2.45, 2.75) is 18.9 Å². The third-order valence-electron chi connectivity index (χ3n) is 3.04. The minimum Gasteiger partial charge on any atom is -0.454 e. The third-order valence-corrected chi connectivity index (χ3v) is 3.04. The molecule has 0 saturated heterocycles. The van der Waals surface area contributed by atoms with Crippen LogP contribution in [-0.4, -0.2) is 19.9 Å². The molecule has 3 nitrogen and oxygen atoms in total. The molecule has 3 rings (SSSR count). The summed E-state index contributed by atoms with van der Waals surface area (Å²) < 4.78 is 10.7. The molecular formula is C11H13NO2. The second kappa shape index (κ2) is 2.89. The van der Waals surface area contributed by atoms with Crippen molar-refractivity contribution in [3.05, 3.63) is 23.3 Å². The Hall–Kier alpha value is -1.22. The molecule has 0 bridgehead atoms. The van der Waals surface area contributed by atoms with E-state index >= 15 is 0 Å². The van der Waals surface area contributed by atoms with Crippen LogP contribution in [0.15, 0.2) is 12.1 Å². The molecule has 1 aromatic rings. The predicted octanol–water partition coefficient (Wildman–Crippen LogP) is 1.10. The van der Waals surface area contributed by atoms with Gasteiger partial charge in [0.2, 0.25) is 6.79 Å². The summed E-state index contributed by atoms with van der Waals surface area (Å²) >= 11 is 0. The van der Waals surface area contributed by atoms with Crippen molar-refractivity contribution in [3.8, 4) is 11.5 Å². The van der Waals surface area contributed by atoms with Crippen molar-refractivity contribution >= 4 is 0 Å². The lowest BCUT2D eigenvalue weighted by Gasteiger charge is -2.04. The van der Waals surface area contributed by atoms with E-state index in [0.717, 1.165) is 24.3 Å². The minimum atomic E-state index is 0.369. The molecule has 1 aromatic carbocycles.